The number of aliphatic carboxylic acids is 1. The molecule has 0 unspecified atom stereocenters. The molecule has 5 N–H and O–H groups in total. The van der Waals surface area contributed by atoms with E-state index in [1.54, 1.807) is 12.1 Å². The molecule has 1 aliphatic heterocycles. The first kappa shape index (κ1) is 15.0. The van der Waals surface area contributed by atoms with Crippen LogP contribution in [0.1, 0.15) is 27.9 Å². The third kappa shape index (κ3) is 3.57. The first-order chi connectivity index (χ1) is 9.99. The standard InChI is InChI=1S/C14H17N3O4/c15-12(18)6-11(14(20)21)17-13(19)10-3-1-2-8-7-16-5-4-9(8)10/h1-3,11,16H,4-7H2,(H2,15,18)(H,17,19)(H,20,21)/t11-/m1/s1. The summed E-state index contributed by atoms with van der Waals surface area (Å²) in [6.07, 6.45) is 0.268. The number of hydrogen-bond donors (Lipinski definition) is 4. The summed E-state index contributed by atoms with van der Waals surface area (Å²) >= 11 is 0. The Kier molecular flexibility index (Phi) is 4.54. The SMILES string of the molecule is NC(=O)C[C@@H](NC(=O)c1cccc2c1CCNC2)C(=O)O. The van der Waals surface area contributed by atoms with Gasteiger partial charge in [0, 0.05) is 12.1 Å². The molecule has 112 valence electrons. The summed E-state index contributed by atoms with van der Waals surface area (Å²) in [5.41, 5.74) is 7.38. The lowest BCUT2D eigenvalue weighted by Gasteiger charge is -2.21. The van der Waals surface area contributed by atoms with E-state index in [1.807, 2.05) is 6.07 Å². The van der Waals surface area contributed by atoms with Crippen LogP contribution in [0.15, 0.2) is 18.2 Å². The van der Waals surface area contributed by atoms with Crippen LogP contribution in [0.3, 0.4) is 0 Å². The Morgan fingerprint density at radius 3 is 2.81 bits per heavy atom. The second-order valence-electron chi connectivity index (χ2n) is 4.90. The van der Waals surface area contributed by atoms with Crippen molar-refractivity contribution in [1.29, 1.82) is 0 Å². The molecular weight excluding hydrogens is 274 g/mol. The summed E-state index contributed by atoms with van der Waals surface area (Å²) in [6.45, 7) is 1.45. The van der Waals surface area contributed by atoms with Gasteiger partial charge in [-0.25, -0.2) is 4.79 Å². The third-order valence-electron chi connectivity index (χ3n) is 3.39. The number of benzene rings is 1. The number of carboxylic acid groups (broad SMARTS) is 1. The van der Waals surface area contributed by atoms with Crippen LogP contribution >= 0.6 is 0 Å². The molecule has 0 radical (unpaired) electrons. The number of carboxylic acids is 1. The largest absolute Gasteiger partial charge is 0.480 e. The lowest BCUT2D eigenvalue weighted by atomic mass is 9.95. The maximum Gasteiger partial charge on any atom is 0.326 e. The van der Waals surface area contributed by atoms with Crippen molar-refractivity contribution in [2.75, 3.05) is 6.54 Å². The van der Waals surface area contributed by atoms with Crippen LogP contribution in [-0.2, 0) is 22.6 Å². The van der Waals surface area contributed by atoms with Crippen LogP contribution in [0.25, 0.3) is 0 Å². The van der Waals surface area contributed by atoms with E-state index < -0.39 is 30.2 Å². The van der Waals surface area contributed by atoms with Crippen molar-refractivity contribution in [2.24, 2.45) is 5.73 Å². The van der Waals surface area contributed by atoms with Gasteiger partial charge in [0.15, 0.2) is 0 Å². The number of hydrogen-bond acceptors (Lipinski definition) is 4. The van der Waals surface area contributed by atoms with Crippen LogP contribution in [0.2, 0.25) is 0 Å². The van der Waals surface area contributed by atoms with Gasteiger partial charge in [-0.1, -0.05) is 12.1 Å². The van der Waals surface area contributed by atoms with Crippen molar-refractivity contribution in [3.8, 4) is 0 Å². The lowest BCUT2D eigenvalue weighted by Crippen LogP contribution is -2.43. The van der Waals surface area contributed by atoms with Crippen LogP contribution in [0, 0.1) is 0 Å². The lowest BCUT2D eigenvalue weighted by molar-refractivity contribution is -0.140. The molecule has 1 aliphatic rings. The summed E-state index contributed by atoms with van der Waals surface area (Å²) < 4.78 is 0. The van der Waals surface area contributed by atoms with Crippen molar-refractivity contribution >= 4 is 17.8 Å². The summed E-state index contributed by atoms with van der Waals surface area (Å²) in [6, 6.07) is 4.02. The Labute approximate surface area is 121 Å². The third-order valence-corrected chi connectivity index (χ3v) is 3.39. The van der Waals surface area contributed by atoms with E-state index in [0.717, 1.165) is 17.7 Å². The van der Waals surface area contributed by atoms with Gasteiger partial charge >= 0.3 is 5.97 Å². The number of carbonyl (C=O) groups excluding carboxylic acids is 2. The summed E-state index contributed by atoms with van der Waals surface area (Å²) in [7, 11) is 0. The van der Waals surface area contributed by atoms with Crippen LogP contribution in [0.5, 0.6) is 0 Å². The Bertz CT molecular complexity index is 586. The number of nitrogens with one attached hydrogen (secondary N) is 2. The van der Waals surface area contributed by atoms with E-state index in [0.29, 0.717) is 18.5 Å². The monoisotopic (exact) mass is 291 g/mol. The molecule has 2 rings (SSSR count). The Hall–Kier alpha value is -2.41. The summed E-state index contributed by atoms with van der Waals surface area (Å²) in [4.78, 5) is 34.2. The zero-order valence-electron chi connectivity index (χ0n) is 11.4. The van der Waals surface area contributed by atoms with E-state index in [-0.39, 0.29) is 0 Å². The van der Waals surface area contributed by atoms with Crippen LogP contribution < -0.4 is 16.4 Å². The molecule has 0 saturated carbocycles. The molecule has 0 aliphatic carbocycles. The number of primary amides is 1. The Morgan fingerprint density at radius 1 is 1.38 bits per heavy atom. The first-order valence-corrected chi connectivity index (χ1v) is 6.62. The normalized spacial score (nSPS) is 14.9. The molecule has 1 heterocycles. The molecule has 2 amide bonds. The van der Waals surface area contributed by atoms with Gasteiger partial charge in [-0.3, -0.25) is 9.59 Å². The van der Waals surface area contributed by atoms with Gasteiger partial charge in [-0.05, 0) is 30.2 Å². The second-order valence-corrected chi connectivity index (χ2v) is 4.90. The maximum absolute atomic E-state index is 12.3. The maximum atomic E-state index is 12.3. The molecule has 1 atom stereocenters. The topological polar surface area (TPSA) is 122 Å². The molecule has 0 spiro atoms. The molecule has 0 bridgehead atoms. The van der Waals surface area contributed by atoms with Crippen LogP contribution in [0.4, 0.5) is 0 Å². The molecule has 21 heavy (non-hydrogen) atoms. The molecule has 0 fully saturated rings. The smallest absolute Gasteiger partial charge is 0.326 e. The zero-order valence-corrected chi connectivity index (χ0v) is 11.4. The van der Waals surface area contributed by atoms with Crippen molar-refractivity contribution in [2.45, 2.75) is 25.4 Å². The quantitative estimate of drug-likeness (QED) is 0.576. The summed E-state index contributed by atoms with van der Waals surface area (Å²) in [5, 5.41) is 14.6. The highest BCUT2D eigenvalue weighted by Crippen LogP contribution is 2.18. The Balaban J connectivity index is 2.20. The number of nitrogens with two attached hydrogens (primary N) is 1. The minimum atomic E-state index is -1.31. The predicted molar refractivity (Wildman–Crippen MR) is 74.6 cm³/mol. The van der Waals surface area contributed by atoms with Gasteiger partial charge < -0.3 is 21.5 Å². The van der Waals surface area contributed by atoms with Crippen molar-refractivity contribution < 1.29 is 19.5 Å². The number of amides is 2. The molecule has 0 aromatic heterocycles. The van der Waals surface area contributed by atoms with Crippen molar-refractivity contribution in [3.05, 3.63) is 34.9 Å². The van der Waals surface area contributed by atoms with Crippen molar-refractivity contribution in [1.82, 2.24) is 10.6 Å². The fourth-order valence-corrected chi connectivity index (χ4v) is 2.38. The molecule has 7 heteroatoms. The number of carbonyl (C=O) groups is 3. The van der Waals surface area contributed by atoms with Gasteiger partial charge in [0.05, 0.1) is 6.42 Å². The van der Waals surface area contributed by atoms with Gasteiger partial charge in [0.25, 0.3) is 5.91 Å². The average Bonchev–Trinajstić information content (AvgIpc) is 2.45. The second kappa shape index (κ2) is 6.36. The molecule has 0 saturated heterocycles. The summed E-state index contributed by atoms with van der Waals surface area (Å²) in [5.74, 6) is -2.56. The highest BCUT2D eigenvalue weighted by atomic mass is 16.4. The zero-order chi connectivity index (χ0) is 15.4. The molecule has 1 aromatic carbocycles. The highest BCUT2D eigenvalue weighted by molar-refractivity contribution is 5.99. The van der Waals surface area contributed by atoms with Crippen LogP contribution in [-0.4, -0.2) is 35.5 Å². The molecule has 1 aromatic rings. The average molecular weight is 291 g/mol. The van der Waals surface area contributed by atoms with Crippen molar-refractivity contribution in [3.63, 3.8) is 0 Å². The van der Waals surface area contributed by atoms with E-state index in [1.165, 1.54) is 0 Å². The first-order valence-electron chi connectivity index (χ1n) is 6.62. The molecule has 7 nitrogen and oxygen atoms in total. The van der Waals surface area contributed by atoms with E-state index in [9.17, 15) is 14.4 Å². The number of rotatable bonds is 5. The minimum Gasteiger partial charge on any atom is -0.480 e. The van der Waals surface area contributed by atoms with Gasteiger partial charge in [-0.2, -0.15) is 0 Å². The van der Waals surface area contributed by atoms with Gasteiger partial charge in [0.2, 0.25) is 5.91 Å². The van der Waals surface area contributed by atoms with Gasteiger partial charge in [-0.15, -0.1) is 0 Å². The Morgan fingerprint density at radius 2 is 2.14 bits per heavy atom. The number of fused-ring (bicyclic) bond motifs is 1. The minimum absolute atomic E-state index is 0.433. The van der Waals surface area contributed by atoms with E-state index >= 15 is 0 Å². The molecular formula is C14H17N3O4. The van der Waals surface area contributed by atoms with E-state index in [4.69, 9.17) is 10.8 Å². The predicted octanol–water partition coefficient (Wildman–Crippen LogP) is -0.609. The fourth-order valence-electron chi connectivity index (χ4n) is 2.38. The van der Waals surface area contributed by atoms with E-state index in [2.05, 4.69) is 10.6 Å². The van der Waals surface area contributed by atoms with Gasteiger partial charge in [0.1, 0.15) is 6.04 Å². The highest BCUT2D eigenvalue weighted by Gasteiger charge is 2.24. The fraction of sp³-hybridized carbons (Fsp3) is 0.357.